The third-order valence-corrected chi connectivity index (χ3v) is 4.68. The summed E-state index contributed by atoms with van der Waals surface area (Å²) in [6, 6.07) is 13.8. The first-order valence-corrected chi connectivity index (χ1v) is 8.14. The van der Waals surface area contributed by atoms with Crippen LogP contribution in [-0.2, 0) is 0 Å². The van der Waals surface area contributed by atoms with E-state index in [1.807, 2.05) is 47.4 Å². The molecule has 5 heteroatoms. The average molecular weight is 321 g/mol. The van der Waals surface area contributed by atoms with Crippen molar-refractivity contribution in [1.29, 1.82) is 0 Å². The van der Waals surface area contributed by atoms with Gasteiger partial charge in [-0.25, -0.2) is 4.98 Å². The number of nitrogens with one attached hydrogen (secondary N) is 1. The first-order chi connectivity index (χ1) is 11.8. The molecule has 4 rings (SSSR count). The second kappa shape index (κ2) is 6.00. The summed E-state index contributed by atoms with van der Waals surface area (Å²) in [6.07, 6.45) is 3.66. The minimum Gasteiger partial charge on any atom is -0.497 e. The molecule has 1 aliphatic heterocycles. The van der Waals surface area contributed by atoms with Crippen molar-refractivity contribution < 1.29 is 9.53 Å². The van der Waals surface area contributed by atoms with Crippen molar-refractivity contribution in [3.63, 3.8) is 0 Å². The van der Waals surface area contributed by atoms with E-state index in [4.69, 9.17) is 4.74 Å². The Kier molecular flexibility index (Phi) is 3.69. The van der Waals surface area contributed by atoms with E-state index in [-0.39, 0.29) is 11.9 Å². The fraction of sp³-hybridized carbons (Fsp3) is 0.263. The largest absolute Gasteiger partial charge is 0.497 e. The molecule has 0 saturated carbocycles. The molecule has 1 saturated heterocycles. The maximum Gasteiger partial charge on any atom is 0.254 e. The molecule has 0 spiro atoms. The molecule has 2 heterocycles. The van der Waals surface area contributed by atoms with Crippen LogP contribution >= 0.6 is 0 Å². The third-order valence-electron chi connectivity index (χ3n) is 4.68. The number of rotatable bonds is 3. The molecule has 1 amide bonds. The van der Waals surface area contributed by atoms with Gasteiger partial charge in [-0.1, -0.05) is 12.1 Å². The van der Waals surface area contributed by atoms with E-state index >= 15 is 0 Å². The molecule has 1 N–H and O–H groups in total. The van der Waals surface area contributed by atoms with Gasteiger partial charge in [-0.3, -0.25) is 4.79 Å². The maximum absolute atomic E-state index is 13.0. The monoisotopic (exact) mass is 321 g/mol. The van der Waals surface area contributed by atoms with Crippen LogP contribution in [0.15, 0.2) is 48.8 Å². The van der Waals surface area contributed by atoms with Crippen LogP contribution < -0.4 is 4.74 Å². The van der Waals surface area contributed by atoms with Crippen molar-refractivity contribution in [3.05, 3.63) is 59.9 Å². The van der Waals surface area contributed by atoms with Crippen molar-refractivity contribution >= 4 is 16.9 Å². The molecule has 24 heavy (non-hydrogen) atoms. The predicted octanol–water partition coefficient (Wildman–Crippen LogP) is 3.55. The summed E-state index contributed by atoms with van der Waals surface area (Å²) in [5.74, 6) is 0.907. The van der Waals surface area contributed by atoms with Crippen LogP contribution in [0.25, 0.3) is 11.0 Å². The van der Waals surface area contributed by atoms with E-state index in [1.54, 1.807) is 13.4 Å². The number of hydrogen-bond donors (Lipinski definition) is 1. The van der Waals surface area contributed by atoms with E-state index < -0.39 is 0 Å². The zero-order valence-electron chi connectivity index (χ0n) is 13.5. The van der Waals surface area contributed by atoms with Crippen molar-refractivity contribution in [2.45, 2.75) is 18.9 Å². The number of fused-ring (bicyclic) bond motifs is 1. The zero-order valence-corrected chi connectivity index (χ0v) is 13.5. The summed E-state index contributed by atoms with van der Waals surface area (Å²) < 4.78 is 5.22. The van der Waals surface area contributed by atoms with Gasteiger partial charge < -0.3 is 14.6 Å². The fourth-order valence-corrected chi connectivity index (χ4v) is 3.42. The molecular weight excluding hydrogens is 302 g/mol. The van der Waals surface area contributed by atoms with Crippen LogP contribution in [-0.4, -0.2) is 34.4 Å². The Morgan fingerprint density at radius 1 is 1.25 bits per heavy atom. The van der Waals surface area contributed by atoms with E-state index in [2.05, 4.69) is 9.97 Å². The highest BCUT2D eigenvalue weighted by atomic mass is 16.5. The highest BCUT2D eigenvalue weighted by molar-refractivity contribution is 5.97. The lowest BCUT2D eigenvalue weighted by Gasteiger charge is -2.25. The van der Waals surface area contributed by atoms with Gasteiger partial charge in [0.25, 0.3) is 5.91 Å². The van der Waals surface area contributed by atoms with Gasteiger partial charge in [0.2, 0.25) is 0 Å². The van der Waals surface area contributed by atoms with Crippen molar-refractivity contribution in [2.24, 2.45) is 0 Å². The number of nitrogens with zero attached hydrogens (tertiary/aromatic N) is 2. The van der Waals surface area contributed by atoms with Gasteiger partial charge in [0, 0.05) is 12.1 Å². The van der Waals surface area contributed by atoms with Gasteiger partial charge >= 0.3 is 0 Å². The van der Waals surface area contributed by atoms with E-state index in [0.29, 0.717) is 5.56 Å². The van der Waals surface area contributed by atoms with Crippen LogP contribution in [0.1, 0.15) is 34.8 Å². The summed E-state index contributed by atoms with van der Waals surface area (Å²) >= 11 is 0. The van der Waals surface area contributed by atoms with E-state index in [9.17, 15) is 4.79 Å². The zero-order chi connectivity index (χ0) is 16.5. The van der Waals surface area contributed by atoms with Gasteiger partial charge in [0.05, 0.1) is 30.5 Å². The molecule has 3 aromatic rings. The molecular formula is C19H19N3O2. The number of carbonyl (C=O) groups is 1. The van der Waals surface area contributed by atoms with Gasteiger partial charge in [-0.05, 0) is 48.7 Å². The van der Waals surface area contributed by atoms with Crippen LogP contribution in [0, 0.1) is 0 Å². The van der Waals surface area contributed by atoms with Gasteiger partial charge in [-0.2, -0.15) is 0 Å². The van der Waals surface area contributed by atoms with Crippen molar-refractivity contribution in [2.75, 3.05) is 13.7 Å². The number of aromatic amines is 1. The smallest absolute Gasteiger partial charge is 0.254 e. The Morgan fingerprint density at radius 3 is 2.88 bits per heavy atom. The first-order valence-electron chi connectivity index (χ1n) is 8.14. The number of imidazole rings is 1. The Hall–Kier alpha value is -2.82. The minimum absolute atomic E-state index is 0.0739. The summed E-state index contributed by atoms with van der Waals surface area (Å²) in [6.45, 7) is 0.788. The van der Waals surface area contributed by atoms with E-state index in [0.717, 1.165) is 41.7 Å². The summed E-state index contributed by atoms with van der Waals surface area (Å²) in [5, 5.41) is 0. The highest BCUT2D eigenvalue weighted by Crippen LogP contribution is 2.34. The normalized spacial score (nSPS) is 17.4. The fourth-order valence-electron chi connectivity index (χ4n) is 3.42. The lowest BCUT2D eigenvalue weighted by molar-refractivity contribution is 0.0736. The number of likely N-dealkylation sites (tertiary alicyclic amines) is 1. The second-order valence-corrected chi connectivity index (χ2v) is 6.06. The molecule has 0 aliphatic carbocycles. The summed E-state index contributed by atoms with van der Waals surface area (Å²) in [5.41, 5.74) is 3.62. The maximum atomic E-state index is 13.0. The number of carbonyl (C=O) groups excluding carboxylic acids is 1. The topological polar surface area (TPSA) is 58.2 Å². The highest BCUT2D eigenvalue weighted by Gasteiger charge is 2.30. The number of H-pyrrole nitrogens is 1. The molecule has 1 fully saturated rings. The number of benzene rings is 2. The van der Waals surface area contributed by atoms with Crippen molar-refractivity contribution in [3.8, 4) is 5.75 Å². The lowest BCUT2D eigenvalue weighted by Crippen LogP contribution is -2.30. The SMILES string of the molecule is COc1ccc([C@@H]2CCCN2C(=O)c2ccc3nc[nH]c3c2)cc1. The number of methoxy groups -OCH3 is 1. The van der Waals surface area contributed by atoms with Crippen LogP contribution in [0.5, 0.6) is 5.75 Å². The minimum atomic E-state index is 0.0739. The van der Waals surface area contributed by atoms with Gasteiger partial charge in [0.1, 0.15) is 5.75 Å². The lowest BCUT2D eigenvalue weighted by atomic mass is 10.0. The quantitative estimate of drug-likeness (QED) is 0.802. The summed E-state index contributed by atoms with van der Waals surface area (Å²) in [7, 11) is 1.66. The van der Waals surface area contributed by atoms with E-state index in [1.165, 1.54) is 0 Å². The van der Waals surface area contributed by atoms with Crippen molar-refractivity contribution in [1.82, 2.24) is 14.9 Å². The third kappa shape index (κ3) is 2.52. The number of amides is 1. The number of hydrogen-bond acceptors (Lipinski definition) is 3. The Morgan fingerprint density at radius 2 is 2.08 bits per heavy atom. The van der Waals surface area contributed by atoms with Gasteiger partial charge in [-0.15, -0.1) is 0 Å². The average Bonchev–Trinajstić information content (AvgIpc) is 3.29. The van der Waals surface area contributed by atoms with Crippen LogP contribution in [0.4, 0.5) is 0 Å². The van der Waals surface area contributed by atoms with Crippen LogP contribution in [0.2, 0.25) is 0 Å². The Labute approximate surface area is 140 Å². The molecule has 1 aliphatic rings. The molecule has 1 aromatic heterocycles. The molecule has 0 bridgehead atoms. The molecule has 0 radical (unpaired) electrons. The Balaban J connectivity index is 1.62. The Bertz CT molecular complexity index is 870. The first kappa shape index (κ1) is 14.8. The number of aromatic nitrogens is 2. The van der Waals surface area contributed by atoms with Crippen LogP contribution in [0.3, 0.4) is 0 Å². The predicted molar refractivity (Wildman–Crippen MR) is 92.1 cm³/mol. The molecule has 122 valence electrons. The molecule has 0 unspecified atom stereocenters. The summed E-state index contributed by atoms with van der Waals surface area (Å²) in [4.78, 5) is 22.2. The molecule has 1 atom stereocenters. The van der Waals surface area contributed by atoms with Gasteiger partial charge in [0.15, 0.2) is 0 Å². The second-order valence-electron chi connectivity index (χ2n) is 6.06. The standard InChI is InChI=1S/C19H19N3O2/c1-24-15-7-4-13(5-8-15)18-3-2-10-22(18)19(23)14-6-9-16-17(11-14)21-12-20-16/h4-9,11-12,18H,2-3,10H2,1H3,(H,20,21)/t18-/m0/s1. The molecule has 2 aromatic carbocycles. The number of ether oxygens (including phenoxy) is 1. The molecule has 5 nitrogen and oxygen atoms in total.